The van der Waals surface area contributed by atoms with Crippen molar-refractivity contribution >= 4 is 35.3 Å². The van der Waals surface area contributed by atoms with Gasteiger partial charge >= 0.3 is 6.03 Å². The monoisotopic (exact) mass is 341 g/mol. The molecular formula is C15H20ClN3O2S. The molecule has 1 aromatic rings. The Hall–Kier alpha value is -1.40. The molecule has 22 heavy (non-hydrogen) atoms. The van der Waals surface area contributed by atoms with E-state index in [1.54, 1.807) is 11.8 Å². The smallest absolute Gasteiger partial charge is 0.312 e. The third kappa shape index (κ3) is 4.30. The van der Waals surface area contributed by atoms with E-state index in [2.05, 4.69) is 10.6 Å². The van der Waals surface area contributed by atoms with Gasteiger partial charge in [0.25, 0.3) is 0 Å². The van der Waals surface area contributed by atoms with Crippen molar-refractivity contribution in [2.45, 2.75) is 31.3 Å². The largest absolute Gasteiger partial charge is 0.352 e. The molecule has 120 valence electrons. The maximum absolute atomic E-state index is 12.4. The molecule has 1 aliphatic carbocycles. The van der Waals surface area contributed by atoms with Gasteiger partial charge in [0.1, 0.15) is 6.04 Å². The van der Waals surface area contributed by atoms with Gasteiger partial charge < -0.3 is 16.4 Å². The maximum atomic E-state index is 12.4. The van der Waals surface area contributed by atoms with Crippen LogP contribution in [0.5, 0.6) is 0 Å². The Bertz CT molecular complexity index is 568. The number of aryl methyl sites for hydroxylation is 1. The quantitative estimate of drug-likeness (QED) is 0.741. The summed E-state index contributed by atoms with van der Waals surface area (Å²) in [5.74, 6) is 0.579. The average molecular weight is 342 g/mol. The van der Waals surface area contributed by atoms with Crippen LogP contribution in [0.1, 0.15) is 30.0 Å². The molecule has 0 saturated carbocycles. The Balaban J connectivity index is 2.03. The third-order valence-corrected chi connectivity index (χ3v) is 4.62. The Morgan fingerprint density at radius 3 is 2.95 bits per heavy atom. The minimum absolute atomic E-state index is 0.0359. The van der Waals surface area contributed by atoms with E-state index < -0.39 is 12.1 Å². The minimum Gasteiger partial charge on any atom is -0.352 e. The van der Waals surface area contributed by atoms with E-state index in [1.165, 1.54) is 5.56 Å². The first-order valence-corrected chi connectivity index (χ1v) is 8.92. The molecule has 2 atom stereocenters. The average Bonchev–Trinajstić information content (AvgIpc) is 2.85. The van der Waals surface area contributed by atoms with Crippen LogP contribution >= 0.6 is 23.4 Å². The number of primary amides is 1. The molecule has 0 fully saturated rings. The molecule has 5 nitrogen and oxygen atoms in total. The highest BCUT2D eigenvalue weighted by atomic mass is 35.5. The highest BCUT2D eigenvalue weighted by Crippen LogP contribution is 2.32. The standard InChI is InChI=1S/C15H20ClN3O2S/c1-22-7-6-13(19-15(17)21)14(20)18-12-5-2-9-8-10(16)3-4-11(9)12/h3-4,8,12-13H,2,5-7H2,1H3,(H,18,20)(H3,17,19,21)/t12-,13+/m1/s1. The number of nitrogens with one attached hydrogen (secondary N) is 2. The molecule has 4 N–H and O–H groups in total. The summed E-state index contributed by atoms with van der Waals surface area (Å²) in [6.45, 7) is 0. The number of carbonyl (C=O) groups excluding carboxylic acids is 2. The van der Waals surface area contributed by atoms with Crippen molar-refractivity contribution in [3.8, 4) is 0 Å². The second kappa shape index (κ2) is 7.74. The summed E-state index contributed by atoms with van der Waals surface area (Å²) in [5.41, 5.74) is 7.42. The van der Waals surface area contributed by atoms with E-state index in [-0.39, 0.29) is 11.9 Å². The van der Waals surface area contributed by atoms with Gasteiger partial charge in [0.05, 0.1) is 6.04 Å². The number of fused-ring (bicyclic) bond motifs is 1. The lowest BCUT2D eigenvalue weighted by molar-refractivity contribution is -0.123. The molecule has 0 bridgehead atoms. The van der Waals surface area contributed by atoms with E-state index in [9.17, 15) is 9.59 Å². The molecule has 1 aliphatic rings. The van der Waals surface area contributed by atoms with Crippen molar-refractivity contribution in [2.24, 2.45) is 5.73 Å². The first-order chi connectivity index (χ1) is 10.5. The van der Waals surface area contributed by atoms with Gasteiger partial charge in [-0.05, 0) is 54.5 Å². The van der Waals surface area contributed by atoms with Crippen molar-refractivity contribution < 1.29 is 9.59 Å². The molecule has 0 saturated heterocycles. The minimum atomic E-state index is -0.681. The summed E-state index contributed by atoms with van der Waals surface area (Å²) >= 11 is 7.61. The second-order valence-corrected chi connectivity index (χ2v) is 6.71. The van der Waals surface area contributed by atoms with Crippen molar-refractivity contribution in [2.75, 3.05) is 12.0 Å². The lowest BCUT2D eigenvalue weighted by Crippen LogP contribution is -2.49. The number of hydrogen-bond acceptors (Lipinski definition) is 3. The molecule has 0 spiro atoms. The molecule has 0 heterocycles. The lowest BCUT2D eigenvalue weighted by Gasteiger charge is -2.20. The van der Waals surface area contributed by atoms with E-state index in [1.807, 2.05) is 24.5 Å². The SMILES string of the molecule is CSCC[C@H](NC(N)=O)C(=O)N[C@@H]1CCc2cc(Cl)ccc21. The van der Waals surface area contributed by atoms with E-state index in [0.29, 0.717) is 11.4 Å². The van der Waals surface area contributed by atoms with Crippen LogP contribution in [0.3, 0.4) is 0 Å². The van der Waals surface area contributed by atoms with Gasteiger partial charge in [0.15, 0.2) is 0 Å². The normalized spacial score (nSPS) is 17.6. The number of benzene rings is 1. The predicted octanol–water partition coefficient (Wildman–Crippen LogP) is 2.23. The van der Waals surface area contributed by atoms with Crippen LogP contribution in [0.15, 0.2) is 18.2 Å². The summed E-state index contributed by atoms with van der Waals surface area (Å²) in [6, 6.07) is 4.41. The highest BCUT2D eigenvalue weighted by Gasteiger charge is 2.27. The molecule has 7 heteroatoms. The molecular weight excluding hydrogens is 322 g/mol. The summed E-state index contributed by atoms with van der Waals surface area (Å²) in [6.07, 6.45) is 4.24. The summed E-state index contributed by atoms with van der Waals surface area (Å²) < 4.78 is 0. The fourth-order valence-corrected chi connectivity index (χ4v) is 3.35. The van der Waals surface area contributed by atoms with Crippen LogP contribution in [0.2, 0.25) is 5.02 Å². The number of carbonyl (C=O) groups is 2. The Morgan fingerprint density at radius 2 is 2.27 bits per heavy atom. The number of amides is 3. The Morgan fingerprint density at radius 1 is 1.50 bits per heavy atom. The van der Waals surface area contributed by atoms with Gasteiger partial charge in [0.2, 0.25) is 5.91 Å². The first-order valence-electron chi connectivity index (χ1n) is 7.15. The summed E-state index contributed by atoms with van der Waals surface area (Å²) in [7, 11) is 0. The second-order valence-electron chi connectivity index (χ2n) is 5.29. The number of nitrogens with two attached hydrogens (primary N) is 1. The van der Waals surface area contributed by atoms with Crippen LogP contribution in [0, 0.1) is 0 Å². The van der Waals surface area contributed by atoms with Gasteiger partial charge in [-0.1, -0.05) is 17.7 Å². The van der Waals surface area contributed by atoms with Gasteiger partial charge in [-0.3, -0.25) is 4.79 Å². The van der Waals surface area contributed by atoms with Crippen LogP contribution < -0.4 is 16.4 Å². The van der Waals surface area contributed by atoms with Gasteiger partial charge in [-0.25, -0.2) is 4.79 Å². The van der Waals surface area contributed by atoms with E-state index >= 15 is 0 Å². The Labute approximate surface area is 139 Å². The number of thioether (sulfide) groups is 1. The highest BCUT2D eigenvalue weighted by molar-refractivity contribution is 7.98. The number of urea groups is 1. The third-order valence-electron chi connectivity index (χ3n) is 3.74. The number of halogens is 1. The first kappa shape index (κ1) is 17.0. The van der Waals surface area contributed by atoms with Crippen LogP contribution in [-0.2, 0) is 11.2 Å². The zero-order valence-electron chi connectivity index (χ0n) is 12.4. The molecule has 0 aliphatic heterocycles. The molecule has 2 rings (SSSR count). The van der Waals surface area contributed by atoms with Crippen molar-refractivity contribution in [1.29, 1.82) is 0 Å². The molecule has 0 radical (unpaired) electrons. The fraction of sp³-hybridized carbons (Fsp3) is 0.467. The van der Waals surface area contributed by atoms with Crippen LogP contribution in [0.25, 0.3) is 0 Å². The summed E-state index contributed by atoms with van der Waals surface area (Å²) in [5, 5.41) is 6.23. The maximum Gasteiger partial charge on any atom is 0.312 e. The summed E-state index contributed by atoms with van der Waals surface area (Å²) in [4.78, 5) is 23.5. The zero-order chi connectivity index (χ0) is 16.1. The molecule has 0 unspecified atom stereocenters. The van der Waals surface area contributed by atoms with Gasteiger partial charge in [-0.2, -0.15) is 11.8 Å². The van der Waals surface area contributed by atoms with Crippen molar-refractivity contribution in [3.63, 3.8) is 0 Å². The number of rotatable bonds is 6. The van der Waals surface area contributed by atoms with E-state index in [0.717, 1.165) is 24.2 Å². The molecule has 1 aromatic carbocycles. The molecule has 0 aromatic heterocycles. The Kier molecular flexibility index (Phi) is 5.97. The van der Waals surface area contributed by atoms with E-state index in [4.69, 9.17) is 17.3 Å². The number of hydrogen-bond donors (Lipinski definition) is 3. The van der Waals surface area contributed by atoms with Crippen LogP contribution in [0.4, 0.5) is 4.79 Å². The van der Waals surface area contributed by atoms with Crippen LogP contribution in [-0.4, -0.2) is 30.0 Å². The van der Waals surface area contributed by atoms with Crippen molar-refractivity contribution in [1.82, 2.24) is 10.6 Å². The zero-order valence-corrected chi connectivity index (χ0v) is 14.0. The topological polar surface area (TPSA) is 84.2 Å². The van der Waals surface area contributed by atoms with Gasteiger partial charge in [0, 0.05) is 5.02 Å². The predicted molar refractivity (Wildman–Crippen MR) is 90.2 cm³/mol. The fourth-order valence-electron chi connectivity index (χ4n) is 2.68. The molecule has 3 amide bonds. The van der Waals surface area contributed by atoms with Crippen molar-refractivity contribution in [3.05, 3.63) is 34.3 Å². The lowest BCUT2D eigenvalue weighted by atomic mass is 10.1. The van der Waals surface area contributed by atoms with Gasteiger partial charge in [-0.15, -0.1) is 0 Å².